The predicted molar refractivity (Wildman–Crippen MR) is 50.6 cm³/mol. The monoisotopic (exact) mass is 183 g/mol. The SMILES string of the molecule is CNc1cccc(CC(=O)Cl)c1. The van der Waals surface area contributed by atoms with Crippen LogP contribution in [0.4, 0.5) is 5.69 Å². The molecule has 0 atom stereocenters. The Morgan fingerprint density at radius 1 is 1.58 bits per heavy atom. The van der Waals surface area contributed by atoms with Gasteiger partial charge in [0, 0.05) is 19.2 Å². The Morgan fingerprint density at radius 3 is 2.92 bits per heavy atom. The molecule has 0 aliphatic heterocycles. The molecule has 3 heteroatoms. The molecule has 1 rings (SSSR count). The molecule has 1 N–H and O–H groups in total. The summed E-state index contributed by atoms with van der Waals surface area (Å²) in [4.78, 5) is 10.6. The summed E-state index contributed by atoms with van der Waals surface area (Å²) in [7, 11) is 1.83. The molecule has 0 aliphatic rings. The fraction of sp³-hybridized carbons (Fsp3) is 0.222. The number of benzene rings is 1. The maximum atomic E-state index is 10.6. The van der Waals surface area contributed by atoms with Crippen molar-refractivity contribution in [2.45, 2.75) is 6.42 Å². The number of carbonyl (C=O) groups is 1. The van der Waals surface area contributed by atoms with Crippen LogP contribution < -0.4 is 5.32 Å². The first-order valence-electron chi connectivity index (χ1n) is 3.67. The summed E-state index contributed by atoms with van der Waals surface area (Å²) in [6, 6.07) is 7.60. The predicted octanol–water partition coefficient (Wildman–Crippen LogP) is 2.04. The quantitative estimate of drug-likeness (QED) is 0.727. The third kappa shape index (κ3) is 2.55. The van der Waals surface area contributed by atoms with Crippen molar-refractivity contribution in [3.05, 3.63) is 29.8 Å². The Labute approximate surface area is 76.5 Å². The first kappa shape index (κ1) is 9.07. The van der Waals surface area contributed by atoms with E-state index in [-0.39, 0.29) is 11.7 Å². The molecule has 0 fully saturated rings. The summed E-state index contributed by atoms with van der Waals surface area (Å²) in [6.07, 6.45) is 0.289. The van der Waals surface area contributed by atoms with Gasteiger partial charge in [-0.3, -0.25) is 4.79 Å². The lowest BCUT2D eigenvalue weighted by Gasteiger charge is -2.01. The van der Waals surface area contributed by atoms with Gasteiger partial charge in [-0.25, -0.2) is 0 Å². The van der Waals surface area contributed by atoms with Gasteiger partial charge in [-0.05, 0) is 29.3 Å². The minimum absolute atomic E-state index is 0.289. The van der Waals surface area contributed by atoms with Crippen LogP contribution in [0.1, 0.15) is 5.56 Å². The highest BCUT2D eigenvalue weighted by Crippen LogP contribution is 2.10. The van der Waals surface area contributed by atoms with E-state index in [1.807, 2.05) is 31.3 Å². The minimum Gasteiger partial charge on any atom is -0.388 e. The summed E-state index contributed by atoms with van der Waals surface area (Å²) in [5.41, 5.74) is 1.92. The molecule has 0 saturated heterocycles. The molecule has 2 nitrogen and oxygen atoms in total. The maximum absolute atomic E-state index is 10.6. The van der Waals surface area contributed by atoms with Crippen molar-refractivity contribution in [2.24, 2.45) is 0 Å². The Kier molecular flexibility index (Phi) is 3.11. The van der Waals surface area contributed by atoms with E-state index in [0.29, 0.717) is 0 Å². The van der Waals surface area contributed by atoms with Gasteiger partial charge in [-0.15, -0.1) is 0 Å². The van der Waals surface area contributed by atoms with E-state index < -0.39 is 0 Å². The standard InChI is InChI=1S/C9H10ClNO/c1-11-8-4-2-3-7(5-8)6-9(10)12/h2-5,11H,6H2,1H3. The van der Waals surface area contributed by atoms with Gasteiger partial charge in [0.15, 0.2) is 0 Å². The van der Waals surface area contributed by atoms with Crippen molar-refractivity contribution in [1.82, 2.24) is 0 Å². The molecule has 0 aromatic heterocycles. The number of halogens is 1. The fourth-order valence-electron chi connectivity index (χ4n) is 0.997. The first-order chi connectivity index (χ1) is 5.72. The van der Waals surface area contributed by atoms with Gasteiger partial charge in [0.25, 0.3) is 0 Å². The molecule has 64 valence electrons. The smallest absolute Gasteiger partial charge is 0.226 e. The van der Waals surface area contributed by atoms with Gasteiger partial charge in [-0.1, -0.05) is 12.1 Å². The number of anilines is 1. The molecule has 0 heterocycles. The molecule has 1 aromatic carbocycles. The Hall–Kier alpha value is -1.02. The molecule has 12 heavy (non-hydrogen) atoms. The van der Waals surface area contributed by atoms with Crippen molar-refractivity contribution in [3.63, 3.8) is 0 Å². The first-order valence-corrected chi connectivity index (χ1v) is 4.05. The Balaban J connectivity index is 2.79. The summed E-state index contributed by atoms with van der Waals surface area (Å²) in [5.74, 6) is 0. The van der Waals surface area contributed by atoms with Crippen LogP contribution >= 0.6 is 11.6 Å². The van der Waals surface area contributed by atoms with Gasteiger partial charge in [0.1, 0.15) is 0 Å². The van der Waals surface area contributed by atoms with E-state index in [4.69, 9.17) is 11.6 Å². The zero-order valence-electron chi connectivity index (χ0n) is 6.80. The van der Waals surface area contributed by atoms with Gasteiger partial charge >= 0.3 is 0 Å². The Bertz CT molecular complexity index is 286. The third-order valence-corrected chi connectivity index (χ3v) is 1.69. The molecular weight excluding hydrogens is 174 g/mol. The number of nitrogens with one attached hydrogen (secondary N) is 1. The average Bonchev–Trinajstić information content (AvgIpc) is 2.03. The molecule has 0 amide bonds. The topological polar surface area (TPSA) is 29.1 Å². The molecule has 0 aliphatic carbocycles. The highest BCUT2D eigenvalue weighted by Gasteiger charge is 1.99. The van der Waals surface area contributed by atoms with Crippen molar-refractivity contribution >= 4 is 22.5 Å². The molecular formula is C9H10ClNO. The lowest BCUT2D eigenvalue weighted by atomic mass is 10.1. The number of rotatable bonds is 3. The molecule has 0 unspecified atom stereocenters. The summed E-state index contributed by atoms with van der Waals surface area (Å²) in [6.45, 7) is 0. The average molecular weight is 184 g/mol. The zero-order chi connectivity index (χ0) is 8.97. The molecule has 0 radical (unpaired) electrons. The maximum Gasteiger partial charge on any atom is 0.226 e. The van der Waals surface area contributed by atoms with Crippen LogP contribution in [-0.2, 0) is 11.2 Å². The normalized spacial score (nSPS) is 9.50. The third-order valence-electron chi connectivity index (χ3n) is 1.56. The van der Waals surface area contributed by atoms with Gasteiger partial charge in [-0.2, -0.15) is 0 Å². The number of hydrogen-bond acceptors (Lipinski definition) is 2. The Morgan fingerprint density at radius 2 is 2.33 bits per heavy atom. The molecule has 0 spiro atoms. The van der Waals surface area contributed by atoms with E-state index in [9.17, 15) is 4.79 Å². The van der Waals surface area contributed by atoms with Gasteiger partial charge < -0.3 is 5.32 Å². The van der Waals surface area contributed by atoms with E-state index >= 15 is 0 Å². The molecule has 1 aromatic rings. The zero-order valence-corrected chi connectivity index (χ0v) is 7.56. The lowest BCUT2D eigenvalue weighted by molar-refractivity contribution is -0.111. The summed E-state index contributed by atoms with van der Waals surface area (Å²) < 4.78 is 0. The van der Waals surface area contributed by atoms with Crippen molar-refractivity contribution in [2.75, 3.05) is 12.4 Å². The van der Waals surface area contributed by atoms with Crippen LogP contribution in [0.15, 0.2) is 24.3 Å². The van der Waals surface area contributed by atoms with Crippen LogP contribution in [0.25, 0.3) is 0 Å². The number of hydrogen-bond donors (Lipinski definition) is 1. The van der Waals surface area contributed by atoms with Gasteiger partial charge in [0.2, 0.25) is 5.24 Å². The van der Waals surface area contributed by atoms with Crippen molar-refractivity contribution in [1.29, 1.82) is 0 Å². The van der Waals surface area contributed by atoms with Crippen LogP contribution in [-0.4, -0.2) is 12.3 Å². The highest BCUT2D eigenvalue weighted by atomic mass is 35.5. The second-order valence-electron chi connectivity index (χ2n) is 2.48. The van der Waals surface area contributed by atoms with E-state index in [0.717, 1.165) is 11.3 Å². The van der Waals surface area contributed by atoms with Crippen molar-refractivity contribution in [3.8, 4) is 0 Å². The number of carbonyl (C=O) groups excluding carboxylic acids is 1. The highest BCUT2D eigenvalue weighted by molar-refractivity contribution is 6.63. The van der Waals surface area contributed by atoms with E-state index in [1.54, 1.807) is 0 Å². The van der Waals surface area contributed by atoms with Crippen LogP contribution in [0.2, 0.25) is 0 Å². The summed E-state index contributed by atoms with van der Waals surface area (Å²) >= 11 is 5.25. The minimum atomic E-state index is -0.330. The molecule has 0 saturated carbocycles. The van der Waals surface area contributed by atoms with Crippen LogP contribution in [0, 0.1) is 0 Å². The summed E-state index contributed by atoms with van der Waals surface area (Å²) in [5, 5.41) is 2.66. The molecule has 0 bridgehead atoms. The second kappa shape index (κ2) is 4.12. The van der Waals surface area contributed by atoms with Crippen LogP contribution in [0.5, 0.6) is 0 Å². The van der Waals surface area contributed by atoms with E-state index in [2.05, 4.69) is 5.32 Å². The lowest BCUT2D eigenvalue weighted by Crippen LogP contribution is -1.95. The fourth-order valence-corrected chi connectivity index (χ4v) is 1.15. The van der Waals surface area contributed by atoms with E-state index in [1.165, 1.54) is 0 Å². The van der Waals surface area contributed by atoms with Crippen molar-refractivity contribution < 1.29 is 4.79 Å². The largest absolute Gasteiger partial charge is 0.388 e. The van der Waals surface area contributed by atoms with Crippen LogP contribution in [0.3, 0.4) is 0 Å². The second-order valence-corrected chi connectivity index (χ2v) is 2.90. The van der Waals surface area contributed by atoms with Gasteiger partial charge in [0.05, 0.1) is 0 Å².